The average molecular weight is 295 g/mol. The van der Waals surface area contributed by atoms with Crippen molar-refractivity contribution in [2.24, 2.45) is 0 Å². The van der Waals surface area contributed by atoms with Gasteiger partial charge in [-0.2, -0.15) is 0 Å². The summed E-state index contributed by atoms with van der Waals surface area (Å²) in [6, 6.07) is 7.87. The van der Waals surface area contributed by atoms with Gasteiger partial charge in [0, 0.05) is 34.5 Å². The normalized spacial score (nSPS) is 10.6. The van der Waals surface area contributed by atoms with Crippen LogP contribution in [0.2, 0.25) is 0 Å². The number of halogens is 1. The third kappa shape index (κ3) is 3.33. The van der Waals surface area contributed by atoms with Gasteiger partial charge >= 0.3 is 0 Å². The number of aromatic nitrogens is 1. The van der Waals surface area contributed by atoms with Gasteiger partial charge in [-0.15, -0.1) is 0 Å². The highest BCUT2D eigenvalue weighted by molar-refractivity contribution is 9.09. The van der Waals surface area contributed by atoms with Crippen LogP contribution in [-0.2, 0) is 4.79 Å². The van der Waals surface area contributed by atoms with Gasteiger partial charge < -0.3 is 10.3 Å². The Bertz CT molecular complexity index is 507. The summed E-state index contributed by atoms with van der Waals surface area (Å²) in [5.41, 5.74) is 1.95. The van der Waals surface area contributed by atoms with Crippen LogP contribution < -0.4 is 5.32 Å². The maximum atomic E-state index is 11.6. The van der Waals surface area contributed by atoms with E-state index in [-0.39, 0.29) is 5.91 Å². The summed E-state index contributed by atoms with van der Waals surface area (Å²) < 4.78 is 0. The van der Waals surface area contributed by atoms with Crippen molar-refractivity contribution in [2.75, 3.05) is 10.6 Å². The number of aromatic amines is 1. The molecular formula is C13H15BrN2O. The predicted molar refractivity (Wildman–Crippen MR) is 74.6 cm³/mol. The minimum atomic E-state index is 0.0841. The highest BCUT2D eigenvalue weighted by Crippen LogP contribution is 2.18. The number of hydrogen-bond donors (Lipinski definition) is 2. The molecule has 2 N–H and O–H groups in total. The molecule has 1 aromatic heterocycles. The lowest BCUT2D eigenvalue weighted by Crippen LogP contribution is -2.10. The number of hydrogen-bond acceptors (Lipinski definition) is 1. The van der Waals surface area contributed by atoms with Crippen molar-refractivity contribution < 1.29 is 4.79 Å². The van der Waals surface area contributed by atoms with Gasteiger partial charge in [-0.3, -0.25) is 4.79 Å². The van der Waals surface area contributed by atoms with Crippen molar-refractivity contribution >= 4 is 38.4 Å². The zero-order chi connectivity index (χ0) is 12.1. The zero-order valence-corrected chi connectivity index (χ0v) is 11.1. The number of anilines is 1. The third-order valence-corrected chi connectivity index (χ3v) is 3.19. The van der Waals surface area contributed by atoms with E-state index in [0.29, 0.717) is 6.42 Å². The Hall–Kier alpha value is -1.29. The van der Waals surface area contributed by atoms with E-state index in [1.54, 1.807) is 0 Å². The van der Waals surface area contributed by atoms with Gasteiger partial charge in [-0.05, 0) is 37.1 Å². The third-order valence-electron chi connectivity index (χ3n) is 2.62. The number of benzene rings is 1. The molecule has 0 saturated heterocycles. The molecule has 0 unspecified atom stereocenters. The summed E-state index contributed by atoms with van der Waals surface area (Å²) in [5.74, 6) is 0.0841. The number of amides is 1. The van der Waals surface area contributed by atoms with Crippen LogP contribution in [0, 0.1) is 0 Å². The molecule has 0 bridgehead atoms. The molecule has 0 fully saturated rings. The number of nitrogens with one attached hydrogen (secondary N) is 2. The molecule has 3 nitrogen and oxygen atoms in total. The average Bonchev–Trinajstić information content (AvgIpc) is 2.76. The van der Waals surface area contributed by atoms with E-state index in [1.165, 1.54) is 0 Å². The lowest BCUT2D eigenvalue weighted by Gasteiger charge is -2.04. The fraction of sp³-hybridized carbons (Fsp3) is 0.308. The zero-order valence-electron chi connectivity index (χ0n) is 9.50. The number of alkyl halides is 1. The van der Waals surface area contributed by atoms with Crippen LogP contribution in [0.1, 0.15) is 19.3 Å². The Labute approximate surface area is 109 Å². The molecule has 0 aliphatic rings. The Morgan fingerprint density at radius 2 is 2.18 bits per heavy atom. The van der Waals surface area contributed by atoms with Gasteiger partial charge in [0.2, 0.25) is 5.91 Å². The lowest BCUT2D eigenvalue weighted by molar-refractivity contribution is -0.116. The Morgan fingerprint density at radius 3 is 3.00 bits per heavy atom. The quantitative estimate of drug-likeness (QED) is 0.641. The second-order valence-corrected chi connectivity index (χ2v) is 4.77. The fourth-order valence-corrected chi connectivity index (χ4v) is 2.13. The number of unbranched alkanes of at least 4 members (excludes halogenated alkanes) is 1. The Kier molecular flexibility index (Phi) is 4.20. The van der Waals surface area contributed by atoms with E-state index < -0.39 is 0 Å². The summed E-state index contributed by atoms with van der Waals surface area (Å²) in [7, 11) is 0. The monoisotopic (exact) mass is 294 g/mol. The Morgan fingerprint density at radius 1 is 1.29 bits per heavy atom. The van der Waals surface area contributed by atoms with Gasteiger partial charge in [-0.25, -0.2) is 0 Å². The first-order chi connectivity index (χ1) is 8.29. The molecule has 2 aromatic rings. The highest BCUT2D eigenvalue weighted by Gasteiger charge is 2.03. The molecule has 4 heteroatoms. The minimum absolute atomic E-state index is 0.0841. The van der Waals surface area contributed by atoms with Crippen LogP contribution in [0.25, 0.3) is 10.9 Å². The second-order valence-electron chi connectivity index (χ2n) is 3.97. The van der Waals surface area contributed by atoms with Crippen LogP contribution >= 0.6 is 15.9 Å². The van der Waals surface area contributed by atoms with E-state index in [4.69, 9.17) is 0 Å². The van der Waals surface area contributed by atoms with E-state index in [0.717, 1.165) is 34.8 Å². The molecule has 2 rings (SSSR count). The number of carbonyl (C=O) groups is 1. The molecule has 0 aliphatic heterocycles. The van der Waals surface area contributed by atoms with Gasteiger partial charge in [-0.1, -0.05) is 15.9 Å². The van der Waals surface area contributed by atoms with Crippen molar-refractivity contribution in [1.82, 2.24) is 4.98 Å². The lowest BCUT2D eigenvalue weighted by atomic mass is 10.2. The van der Waals surface area contributed by atoms with E-state index in [9.17, 15) is 4.79 Å². The number of carbonyl (C=O) groups excluding carboxylic acids is 1. The van der Waals surface area contributed by atoms with Crippen molar-refractivity contribution in [3.8, 4) is 0 Å². The summed E-state index contributed by atoms with van der Waals surface area (Å²) in [4.78, 5) is 14.8. The van der Waals surface area contributed by atoms with Crippen LogP contribution in [0.5, 0.6) is 0 Å². The summed E-state index contributed by atoms with van der Waals surface area (Å²) >= 11 is 3.35. The van der Waals surface area contributed by atoms with E-state index in [1.807, 2.05) is 30.5 Å². The molecule has 17 heavy (non-hydrogen) atoms. The first-order valence-electron chi connectivity index (χ1n) is 5.72. The summed E-state index contributed by atoms with van der Waals surface area (Å²) in [5, 5.41) is 4.98. The molecular weight excluding hydrogens is 280 g/mol. The maximum absolute atomic E-state index is 11.6. The summed E-state index contributed by atoms with van der Waals surface area (Å²) in [6.45, 7) is 0. The molecule has 1 aromatic carbocycles. The molecule has 90 valence electrons. The van der Waals surface area contributed by atoms with Gasteiger partial charge in [0.1, 0.15) is 0 Å². The molecule has 1 heterocycles. The van der Waals surface area contributed by atoms with Crippen LogP contribution in [0.15, 0.2) is 30.5 Å². The van der Waals surface area contributed by atoms with Crippen molar-refractivity contribution in [1.29, 1.82) is 0 Å². The van der Waals surface area contributed by atoms with Crippen molar-refractivity contribution in [3.05, 3.63) is 30.5 Å². The standard InChI is InChI=1S/C13H15BrN2O/c14-7-2-1-3-13(17)16-11-4-5-12-10(9-11)6-8-15-12/h4-6,8-9,15H,1-3,7H2,(H,16,17). The van der Waals surface area contributed by atoms with Gasteiger partial charge in [0.05, 0.1) is 0 Å². The largest absolute Gasteiger partial charge is 0.361 e. The predicted octanol–water partition coefficient (Wildman–Crippen LogP) is 3.67. The Balaban J connectivity index is 1.95. The number of rotatable bonds is 5. The summed E-state index contributed by atoms with van der Waals surface area (Å²) in [6.07, 6.45) is 4.43. The fourth-order valence-electron chi connectivity index (χ4n) is 1.73. The molecule has 0 atom stereocenters. The maximum Gasteiger partial charge on any atom is 0.224 e. The molecule has 0 aliphatic carbocycles. The molecule has 1 amide bonds. The number of fused-ring (bicyclic) bond motifs is 1. The van der Waals surface area contributed by atoms with Crippen molar-refractivity contribution in [2.45, 2.75) is 19.3 Å². The molecule has 0 spiro atoms. The highest BCUT2D eigenvalue weighted by atomic mass is 79.9. The SMILES string of the molecule is O=C(CCCCBr)Nc1ccc2[nH]ccc2c1. The topological polar surface area (TPSA) is 44.9 Å². The second kappa shape index (κ2) is 5.87. The van der Waals surface area contributed by atoms with Gasteiger partial charge in [0.25, 0.3) is 0 Å². The molecule has 0 radical (unpaired) electrons. The van der Waals surface area contributed by atoms with Crippen LogP contribution in [-0.4, -0.2) is 16.2 Å². The van der Waals surface area contributed by atoms with Crippen molar-refractivity contribution in [3.63, 3.8) is 0 Å². The van der Waals surface area contributed by atoms with E-state index >= 15 is 0 Å². The molecule has 0 saturated carbocycles. The van der Waals surface area contributed by atoms with E-state index in [2.05, 4.69) is 26.2 Å². The minimum Gasteiger partial charge on any atom is -0.361 e. The van der Waals surface area contributed by atoms with Gasteiger partial charge in [0.15, 0.2) is 0 Å². The first kappa shape index (κ1) is 12.2. The first-order valence-corrected chi connectivity index (χ1v) is 6.85. The van der Waals surface area contributed by atoms with Crippen LogP contribution in [0.3, 0.4) is 0 Å². The smallest absolute Gasteiger partial charge is 0.224 e. The number of H-pyrrole nitrogens is 1. The van der Waals surface area contributed by atoms with Crippen LogP contribution in [0.4, 0.5) is 5.69 Å².